The van der Waals surface area contributed by atoms with E-state index in [2.05, 4.69) is 0 Å². The molecule has 0 aromatic heterocycles. The fourth-order valence-electron chi connectivity index (χ4n) is 2.63. The Morgan fingerprint density at radius 3 is 2.72 bits per heavy atom. The predicted molar refractivity (Wildman–Crippen MR) is 57.1 cm³/mol. The highest BCUT2D eigenvalue weighted by Gasteiger charge is 2.43. The van der Waals surface area contributed by atoms with Crippen molar-refractivity contribution in [3.8, 4) is 0 Å². The van der Waals surface area contributed by atoms with Crippen molar-refractivity contribution in [3.05, 3.63) is 0 Å². The summed E-state index contributed by atoms with van der Waals surface area (Å²) < 4.78 is 47.2. The molecule has 2 rings (SSSR count). The zero-order valence-electron chi connectivity index (χ0n) is 10.1. The molecule has 2 unspecified atom stereocenters. The van der Waals surface area contributed by atoms with Crippen LogP contribution in [0.1, 0.15) is 32.1 Å². The lowest BCUT2D eigenvalue weighted by Crippen LogP contribution is -2.42. The maximum Gasteiger partial charge on any atom is 0.389 e. The largest absolute Gasteiger partial charge is 0.389 e. The van der Waals surface area contributed by atoms with Crippen LogP contribution in [0.15, 0.2) is 0 Å². The van der Waals surface area contributed by atoms with Crippen molar-refractivity contribution in [2.45, 2.75) is 43.9 Å². The van der Waals surface area contributed by atoms with Gasteiger partial charge in [-0.2, -0.15) is 13.2 Å². The third-order valence-corrected chi connectivity index (χ3v) is 3.67. The molecule has 0 bridgehead atoms. The Hall–Kier alpha value is -0.620. The molecule has 3 nitrogen and oxygen atoms in total. The molecule has 0 amide bonds. The van der Waals surface area contributed by atoms with E-state index in [0.717, 1.165) is 6.42 Å². The third-order valence-electron chi connectivity index (χ3n) is 3.67. The van der Waals surface area contributed by atoms with E-state index in [-0.39, 0.29) is 11.7 Å². The van der Waals surface area contributed by atoms with Gasteiger partial charge in [-0.3, -0.25) is 4.79 Å². The van der Waals surface area contributed by atoms with Gasteiger partial charge in [-0.05, 0) is 12.8 Å². The standard InChI is InChI=1S/C12H17F3O3/c13-12(14,15)3-1-10(16)9-2-5-18-11(7-9)4-6-17-8-11/h9H,1-8H2. The second-order valence-corrected chi connectivity index (χ2v) is 5.11. The first-order chi connectivity index (χ1) is 8.40. The van der Waals surface area contributed by atoms with E-state index in [9.17, 15) is 18.0 Å². The highest BCUT2D eigenvalue weighted by atomic mass is 19.4. The minimum absolute atomic E-state index is 0.290. The van der Waals surface area contributed by atoms with Gasteiger partial charge in [-0.15, -0.1) is 0 Å². The van der Waals surface area contributed by atoms with Gasteiger partial charge in [0.1, 0.15) is 5.78 Å². The van der Waals surface area contributed by atoms with E-state index in [1.165, 1.54) is 0 Å². The number of carbonyl (C=O) groups excluding carboxylic acids is 1. The van der Waals surface area contributed by atoms with Crippen LogP contribution in [0.5, 0.6) is 0 Å². The summed E-state index contributed by atoms with van der Waals surface area (Å²) in [6, 6.07) is 0. The van der Waals surface area contributed by atoms with Crippen molar-refractivity contribution >= 4 is 5.78 Å². The molecule has 0 aromatic rings. The average molecular weight is 266 g/mol. The van der Waals surface area contributed by atoms with Crippen molar-refractivity contribution in [1.82, 2.24) is 0 Å². The molecule has 0 aliphatic carbocycles. The Morgan fingerprint density at radius 2 is 2.11 bits per heavy atom. The SMILES string of the molecule is O=C(CCC(F)(F)F)C1CCOC2(CCOC2)C1. The van der Waals surface area contributed by atoms with Gasteiger partial charge in [0.2, 0.25) is 0 Å². The molecule has 18 heavy (non-hydrogen) atoms. The van der Waals surface area contributed by atoms with Crippen LogP contribution in [0.4, 0.5) is 13.2 Å². The molecule has 2 heterocycles. The van der Waals surface area contributed by atoms with E-state index in [1.807, 2.05) is 0 Å². The van der Waals surface area contributed by atoms with Crippen molar-refractivity contribution in [2.24, 2.45) is 5.92 Å². The van der Waals surface area contributed by atoms with E-state index < -0.39 is 24.6 Å². The molecule has 6 heteroatoms. The van der Waals surface area contributed by atoms with Gasteiger partial charge >= 0.3 is 6.18 Å². The van der Waals surface area contributed by atoms with E-state index >= 15 is 0 Å². The monoisotopic (exact) mass is 266 g/mol. The van der Waals surface area contributed by atoms with Gasteiger partial charge in [0.15, 0.2) is 0 Å². The third kappa shape index (κ3) is 3.45. The van der Waals surface area contributed by atoms with Crippen LogP contribution in [0.25, 0.3) is 0 Å². The van der Waals surface area contributed by atoms with Gasteiger partial charge in [-0.1, -0.05) is 0 Å². The molecule has 104 valence electrons. The van der Waals surface area contributed by atoms with E-state index in [4.69, 9.17) is 9.47 Å². The summed E-state index contributed by atoms with van der Waals surface area (Å²) in [6.07, 6.45) is -3.93. The van der Waals surface area contributed by atoms with Crippen LogP contribution in [-0.4, -0.2) is 37.4 Å². The Balaban J connectivity index is 1.86. The van der Waals surface area contributed by atoms with Gasteiger partial charge in [0.05, 0.1) is 18.6 Å². The van der Waals surface area contributed by atoms with E-state index in [0.29, 0.717) is 32.7 Å². The number of rotatable bonds is 3. The molecule has 0 N–H and O–H groups in total. The number of halogens is 3. The summed E-state index contributed by atoms with van der Waals surface area (Å²) in [7, 11) is 0. The van der Waals surface area contributed by atoms with Gasteiger partial charge in [0, 0.05) is 32.0 Å². The first-order valence-electron chi connectivity index (χ1n) is 6.21. The number of ketones is 1. The van der Waals surface area contributed by atoms with Crippen molar-refractivity contribution in [2.75, 3.05) is 19.8 Å². The van der Waals surface area contributed by atoms with Crippen LogP contribution in [-0.2, 0) is 14.3 Å². The van der Waals surface area contributed by atoms with Crippen LogP contribution in [0.3, 0.4) is 0 Å². The minimum atomic E-state index is -4.25. The molecule has 2 atom stereocenters. The number of alkyl halides is 3. The van der Waals surface area contributed by atoms with Gasteiger partial charge < -0.3 is 9.47 Å². The molecule has 2 aliphatic rings. The second kappa shape index (κ2) is 5.17. The number of hydrogen-bond donors (Lipinski definition) is 0. The number of carbonyl (C=O) groups is 1. The summed E-state index contributed by atoms with van der Waals surface area (Å²) in [5.74, 6) is -0.593. The summed E-state index contributed by atoms with van der Waals surface area (Å²) in [5, 5.41) is 0. The van der Waals surface area contributed by atoms with Crippen LogP contribution in [0, 0.1) is 5.92 Å². The molecule has 0 aromatic carbocycles. The highest BCUT2D eigenvalue weighted by molar-refractivity contribution is 5.81. The zero-order chi connectivity index (χ0) is 13.2. The van der Waals surface area contributed by atoms with Crippen LogP contribution < -0.4 is 0 Å². The summed E-state index contributed by atoms with van der Waals surface area (Å²) in [5.41, 5.74) is -0.420. The molecule has 0 saturated carbocycles. The minimum Gasteiger partial charge on any atom is -0.378 e. The molecule has 0 radical (unpaired) electrons. The lowest BCUT2D eigenvalue weighted by Gasteiger charge is -2.36. The highest BCUT2D eigenvalue weighted by Crippen LogP contribution is 2.37. The smallest absolute Gasteiger partial charge is 0.378 e. The van der Waals surface area contributed by atoms with Gasteiger partial charge in [-0.25, -0.2) is 0 Å². The first kappa shape index (κ1) is 13.8. The van der Waals surface area contributed by atoms with Crippen LogP contribution >= 0.6 is 0 Å². The van der Waals surface area contributed by atoms with Crippen molar-refractivity contribution in [3.63, 3.8) is 0 Å². The first-order valence-corrected chi connectivity index (χ1v) is 6.21. The Morgan fingerprint density at radius 1 is 1.33 bits per heavy atom. The lowest BCUT2D eigenvalue weighted by molar-refractivity contribution is -0.150. The Kier molecular flexibility index (Phi) is 3.96. The van der Waals surface area contributed by atoms with E-state index in [1.54, 1.807) is 0 Å². The predicted octanol–water partition coefficient (Wildman–Crippen LogP) is 2.48. The average Bonchev–Trinajstić information content (AvgIpc) is 2.73. The maximum atomic E-state index is 12.1. The summed E-state index contributed by atoms with van der Waals surface area (Å²) in [6.45, 7) is 1.49. The molecular formula is C12H17F3O3. The Labute approximate surface area is 104 Å². The zero-order valence-corrected chi connectivity index (χ0v) is 10.1. The Bertz CT molecular complexity index is 308. The number of ether oxygens (including phenoxy) is 2. The molecule has 2 fully saturated rings. The van der Waals surface area contributed by atoms with Crippen molar-refractivity contribution in [1.29, 1.82) is 0 Å². The lowest BCUT2D eigenvalue weighted by atomic mass is 9.82. The van der Waals surface area contributed by atoms with Crippen LogP contribution in [0.2, 0.25) is 0 Å². The van der Waals surface area contributed by atoms with Crippen molar-refractivity contribution < 1.29 is 27.4 Å². The topological polar surface area (TPSA) is 35.5 Å². The molecule has 2 aliphatic heterocycles. The number of Topliss-reactive ketones (excluding diaryl/α,β-unsaturated/α-hetero) is 1. The summed E-state index contributed by atoms with van der Waals surface area (Å²) >= 11 is 0. The second-order valence-electron chi connectivity index (χ2n) is 5.11. The fourth-order valence-corrected chi connectivity index (χ4v) is 2.63. The fraction of sp³-hybridized carbons (Fsp3) is 0.917. The van der Waals surface area contributed by atoms with Gasteiger partial charge in [0.25, 0.3) is 0 Å². The molecule has 2 saturated heterocycles. The maximum absolute atomic E-state index is 12.1. The molecule has 1 spiro atoms. The summed E-state index contributed by atoms with van der Waals surface area (Å²) in [4.78, 5) is 11.8. The number of hydrogen-bond acceptors (Lipinski definition) is 3. The normalized spacial score (nSPS) is 32.9. The quantitative estimate of drug-likeness (QED) is 0.787. The molecular weight excluding hydrogens is 249 g/mol.